The summed E-state index contributed by atoms with van der Waals surface area (Å²) >= 11 is 0. The highest BCUT2D eigenvalue weighted by Crippen LogP contribution is 2.38. The number of carboxylic acid groups (broad SMARTS) is 1. The lowest BCUT2D eigenvalue weighted by Crippen LogP contribution is -2.37. The Balaban J connectivity index is 5.05. The van der Waals surface area contributed by atoms with E-state index in [2.05, 4.69) is 11.4 Å². The van der Waals surface area contributed by atoms with Crippen LogP contribution in [0.2, 0.25) is 0 Å². The number of phosphoric ester groups is 1. The van der Waals surface area contributed by atoms with Crippen LogP contribution in [0.4, 0.5) is 0 Å². The number of ether oxygens (including phenoxy) is 2. The first-order chi connectivity index (χ1) is 25.1. The first kappa shape index (κ1) is 29.6. The van der Waals surface area contributed by atoms with Crippen molar-refractivity contribution in [2.45, 2.75) is 148 Å². The fourth-order valence-electron chi connectivity index (χ4n) is 4.48. The molecule has 1 unspecified atom stereocenters. The summed E-state index contributed by atoms with van der Waals surface area (Å²) in [5, 5.41) is 8.72. The molecule has 0 aromatic heterocycles. The van der Waals surface area contributed by atoms with Crippen molar-refractivity contribution >= 4 is 25.7 Å². The van der Waals surface area contributed by atoms with E-state index in [0.717, 1.165) is 25.7 Å². The molecule has 0 radical (unpaired) electrons. The Kier molecular flexibility index (Phi) is 18.1. The van der Waals surface area contributed by atoms with Crippen molar-refractivity contribution < 1.29 is 64.3 Å². The van der Waals surface area contributed by atoms with Crippen molar-refractivity contribution in [1.82, 2.24) is 0 Å². The number of carboxylic acids is 1. The van der Waals surface area contributed by atoms with E-state index in [9.17, 15) is 23.8 Å². The molecule has 11 nitrogen and oxygen atoms in total. The van der Waals surface area contributed by atoms with E-state index >= 15 is 0 Å². The van der Waals surface area contributed by atoms with E-state index < -0.39 is 83.6 Å². The number of esters is 2. The monoisotopic (exact) mass is 674 g/mol. The maximum atomic E-state index is 12.6. The highest BCUT2D eigenvalue weighted by molar-refractivity contribution is 7.45. The zero-order valence-corrected chi connectivity index (χ0v) is 28.2. The van der Waals surface area contributed by atoms with Crippen molar-refractivity contribution in [2.24, 2.45) is 0 Å². The number of carbonyl (C=O) groups is 3. The molecule has 0 aliphatic rings. The summed E-state index contributed by atoms with van der Waals surface area (Å²) in [5.41, 5.74) is 0. The average Bonchev–Trinajstić information content (AvgIpc) is 3.04. The molecule has 0 aromatic carbocycles. The SMILES string of the molecule is [2H]C([2H])([2H])[N+](CCOP(=O)([O-])OC[C@@H](COC(=O)CCCCCCCCCCCCCCC)OC(=O)CCCCCCCC(=O)O)(C([2H])([2H])[2H])C([2H])([2H])[2H]. The highest BCUT2D eigenvalue weighted by Gasteiger charge is 2.21. The minimum Gasteiger partial charge on any atom is -0.756 e. The van der Waals surface area contributed by atoms with Crippen LogP contribution in [0.25, 0.3) is 0 Å². The molecule has 0 bridgehead atoms. The zero-order valence-electron chi connectivity index (χ0n) is 36.3. The molecule has 1 N–H and O–H groups in total. The maximum Gasteiger partial charge on any atom is 0.306 e. The molecule has 12 heteroatoms. The molecular formula is C33H64NO10P. The third kappa shape index (κ3) is 32.2. The molecular weight excluding hydrogens is 601 g/mol. The number of carbonyl (C=O) groups excluding carboxylic acids is 2. The second-order valence-corrected chi connectivity index (χ2v) is 13.0. The number of aliphatic carboxylic acids is 1. The summed E-state index contributed by atoms with van der Waals surface area (Å²) in [6.45, 7) is -12.5. The summed E-state index contributed by atoms with van der Waals surface area (Å²) in [5.74, 6) is -2.22. The van der Waals surface area contributed by atoms with Crippen LogP contribution >= 0.6 is 7.82 Å². The number of nitrogens with zero attached hydrogens (tertiary/aromatic N) is 1. The Bertz CT molecular complexity index is 1070. The number of phosphoric acid groups is 1. The maximum absolute atomic E-state index is 12.6. The normalized spacial score (nSPS) is 17.5. The zero-order chi connectivity index (χ0) is 41.3. The lowest BCUT2D eigenvalue weighted by molar-refractivity contribution is -0.870. The van der Waals surface area contributed by atoms with Crippen LogP contribution in [0.3, 0.4) is 0 Å². The van der Waals surface area contributed by atoms with Gasteiger partial charge in [0.1, 0.15) is 19.8 Å². The van der Waals surface area contributed by atoms with Gasteiger partial charge in [-0.15, -0.1) is 0 Å². The van der Waals surface area contributed by atoms with Crippen molar-refractivity contribution in [3.63, 3.8) is 0 Å². The summed E-state index contributed by atoms with van der Waals surface area (Å²) < 4.78 is 98.8. The van der Waals surface area contributed by atoms with E-state index in [1.54, 1.807) is 0 Å². The topological polar surface area (TPSA) is 148 Å². The van der Waals surface area contributed by atoms with Crippen LogP contribution in [0.15, 0.2) is 0 Å². The highest BCUT2D eigenvalue weighted by atomic mass is 31.2. The van der Waals surface area contributed by atoms with Gasteiger partial charge in [0.05, 0.1) is 39.9 Å². The van der Waals surface area contributed by atoms with Crippen molar-refractivity contribution in [3.05, 3.63) is 0 Å². The summed E-state index contributed by atoms with van der Waals surface area (Å²) in [6.07, 6.45) is 16.3. The van der Waals surface area contributed by atoms with E-state index in [4.69, 9.17) is 31.4 Å². The number of rotatable bonds is 32. The van der Waals surface area contributed by atoms with E-state index in [0.29, 0.717) is 38.5 Å². The lowest BCUT2D eigenvalue weighted by atomic mass is 10.0. The van der Waals surface area contributed by atoms with Gasteiger partial charge in [-0.25, -0.2) is 0 Å². The van der Waals surface area contributed by atoms with E-state index in [1.165, 1.54) is 51.4 Å². The predicted octanol–water partition coefficient (Wildman–Crippen LogP) is 6.95. The molecule has 0 aromatic rings. The minimum absolute atomic E-state index is 0.0491. The van der Waals surface area contributed by atoms with Crippen molar-refractivity contribution in [3.8, 4) is 0 Å². The Labute approximate surface area is 285 Å². The van der Waals surface area contributed by atoms with E-state index in [1.807, 2.05) is 0 Å². The minimum atomic E-state index is -5.35. The first-order valence-electron chi connectivity index (χ1n) is 21.1. The molecule has 0 spiro atoms. The number of hydrogen-bond donors (Lipinski definition) is 1. The Hall–Kier alpha value is -1.52. The molecule has 0 saturated carbocycles. The van der Waals surface area contributed by atoms with Gasteiger partial charge in [0.15, 0.2) is 6.10 Å². The van der Waals surface area contributed by atoms with Crippen LogP contribution in [0, 0.1) is 0 Å². The third-order valence-electron chi connectivity index (χ3n) is 7.08. The van der Waals surface area contributed by atoms with Gasteiger partial charge in [-0.1, -0.05) is 103 Å². The largest absolute Gasteiger partial charge is 0.756 e. The molecule has 0 aliphatic heterocycles. The second-order valence-electron chi connectivity index (χ2n) is 11.6. The standard InChI is InChI=1S/C33H64NO10P/c1-5-6-7-8-9-10-11-12-13-14-15-18-21-24-32(37)41-28-30(29-43-45(39,40)42-27-26-34(2,3)4)44-33(38)25-22-19-16-17-20-23-31(35)36/h30H,5-29H2,1-4H3,(H-,35,36,39,40)/t30-/m1/s1/i2D3,3D3,4D3. The van der Waals surface area contributed by atoms with Gasteiger partial charge in [-0.3, -0.25) is 18.9 Å². The second kappa shape index (κ2) is 27.6. The predicted molar refractivity (Wildman–Crippen MR) is 174 cm³/mol. The summed E-state index contributed by atoms with van der Waals surface area (Å²) in [7, 11) is -5.35. The van der Waals surface area contributed by atoms with Gasteiger partial charge in [0, 0.05) is 19.3 Å². The van der Waals surface area contributed by atoms with Crippen LogP contribution in [-0.2, 0) is 37.5 Å². The van der Waals surface area contributed by atoms with Gasteiger partial charge < -0.3 is 33.0 Å². The molecule has 266 valence electrons. The smallest absolute Gasteiger partial charge is 0.306 e. The van der Waals surface area contributed by atoms with E-state index in [-0.39, 0.29) is 19.3 Å². The Morgan fingerprint density at radius 2 is 1.18 bits per heavy atom. The molecule has 0 rings (SSSR count). The van der Waals surface area contributed by atoms with Crippen LogP contribution in [-0.4, -0.2) is 80.9 Å². The van der Waals surface area contributed by atoms with Gasteiger partial charge in [-0.05, 0) is 19.3 Å². The fourth-order valence-corrected chi connectivity index (χ4v) is 5.21. The average molecular weight is 675 g/mol. The molecule has 0 aliphatic carbocycles. The molecule has 0 saturated heterocycles. The lowest BCUT2D eigenvalue weighted by Gasteiger charge is -2.28. The quantitative estimate of drug-likeness (QED) is 0.0344. The molecule has 45 heavy (non-hydrogen) atoms. The van der Waals surface area contributed by atoms with Gasteiger partial charge in [-0.2, -0.15) is 0 Å². The Morgan fingerprint density at radius 1 is 0.711 bits per heavy atom. The van der Waals surface area contributed by atoms with Gasteiger partial charge in [0.2, 0.25) is 0 Å². The third-order valence-corrected chi connectivity index (χ3v) is 8.04. The number of hydrogen-bond acceptors (Lipinski definition) is 9. The first-order valence-corrected chi connectivity index (χ1v) is 18.1. The molecule has 0 heterocycles. The van der Waals surface area contributed by atoms with Crippen LogP contribution in [0.1, 0.15) is 154 Å². The summed E-state index contributed by atoms with van der Waals surface area (Å²) in [4.78, 5) is 48.2. The fraction of sp³-hybridized carbons (Fsp3) is 0.909. The number of quaternary nitrogens is 1. The molecule has 0 amide bonds. The Morgan fingerprint density at radius 3 is 1.67 bits per heavy atom. The summed E-state index contributed by atoms with van der Waals surface area (Å²) in [6, 6.07) is 0. The van der Waals surface area contributed by atoms with Crippen molar-refractivity contribution in [1.29, 1.82) is 0 Å². The molecule has 0 fully saturated rings. The number of unbranched alkanes of at least 4 members (excludes halogenated alkanes) is 16. The van der Waals surface area contributed by atoms with Crippen LogP contribution in [0.5, 0.6) is 0 Å². The van der Waals surface area contributed by atoms with Gasteiger partial charge >= 0.3 is 17.9 Å². The molecule has 2 atom stereocenters. The van der Waals surface area contributed by atoms with Crippen molar-refractivity contribution in [2.75, 3.05) is 47.3 Å². The van der Waals surface area contributed by atoms with Crippen LogP contribution < -0.4 is 4.89 Å². The number of likely N-dealkylation sites (N-methyl/N-ethyl adjacent to an activating group) is 1. The van der Waals surface area contributed by atoms with Gasteiger partial charge in [0.25, 0.3) is 7.82 Å².